The average molecular weight is 826 g/mol. The molecule has 0 atom stereocenters. The van der Waals surface area contributed by atoms with Gasteiger partial charge < -0.3 is 9.97 Å². The summed E-state index contributed by atoms with van der Waals surface area (Å²) in [6, 6.07) is 19.2. The summed E-state index contributed by atoms with van der Waals surface area (Å²) < 4.78 is 127. The smallest absolute Gasteiger partial charge is 0.305 e. The number of hydrogen-bond acceptors (Lipinski definition) is 3. The van der Waals surface area contributed by atoms with E-state index in [1.54, 1.807) is 33.0 Å². The minimum Gasteiger partial charge on any atom is -0.305 e. The van der Waals surface area contributed by atoms with Gasteiger partial charge in [0.05, 0.1) is 1.37 Å². The van der Waals surface area contributed by atoms with Crippen LogP contribution in [-0.4, -0.2) is 9.97 Å². The Hall–Kier alpha value is -3.71. The van der Waals surface area contributed by atoms with E-state index >= 15 is 0 Å². The fourth-order valence-electron chi connectivity index (χ4n) is 4.45. The third kappa shape index (κ3) is 8.55. The minimum absolute atomic E-state index is 0. The van der Waals surface area contributed by atoms with Crippen molar-refractivity contribution in [1.82, 2.24) is 9.97 Å². The summed E-state index contributed by atoms with van der Waals surface area (Å²) in [5.41, 5.74) is -0.853. The van der Waals surface area contributed by atoms with Gasteiger partial charge in [-0.2, -0.15) is 13.2 Å². The van der Waals surface area contributed by atoms with Crippen molar-refractivity contribution in [1.29, 1.82) is 0 Å². The Morgan fingerprint density at radius 2 is 1.72 bits per heavy atom. The summed E-state index contributed by atoms with van der Waals surface area (Å²) in [6.45, 7) is -0.692. The van der Waals surface area contributed by atoms with Gasteiger partial charge in [0.15, 0.2) is 0 Å². The number of nitrogens with zero attached hydrogens (tertiary/aromatic N) is 2. The van der Waals surface area contributed by atoms with Crippen LogP contribution >= 0.6 is 11.3 Å². The van der Waals surface area contributed by atoms with Gasteiger partial charge in [-0.3, -0.25) is 15.7 Å². The fraction of sp³-hybridized carbons (Fsp3) is 0.211. The second-order valence-electron chi connectivity index (χ2n) is 11.1. The molecule has 3 heterocycles. The second-order valence-corrected chi connectivity index (χ2v) is 11.9. The van der Waals surface area contributed by atoms with Crippen LogP contribution in [0.15, 0.2) is 91.2 Å². The maximum Gasteiger partial charge on any atom is 0.415 e. The van der Waals surface area contributed by atoms with Crippen molar-refractivity contribution in [2.24, 2.45) is 5.41 Å². The van der Waals surface area contributed by atoms with Crippen LogP contribution in [0.3, 0.4) is 0 Å². The molecule has 0 fully saturated rings. The molecular weight excluding hydrogens is 785 g/mol. The van der Waals surface area contributed by atoms with Crippen molar-refractivity contribution in [2.75, 3.05) is 0 Å². The molecule has 0 aliphatic rings. The molecule has 6 rings (SSSR count). The zero-order valence-corrected chi connectivity index (χ0v) is 27.9. The van der Waals surface area contributed by atoms with Crippen molar-refractivity contribution in [3.63, 3.8) is 0 Å². The molecule has 0 aliphatic carbocycles. The Morgan fingerprint density at radius 3 is 2.37 bits per heavy atom. The predicted octanol–water partition coefficient (Wildman–Crippen LogP) is 11.3. The molecule has 46 heavy (non-hydrogen) atoms. The van der Waals surface area contributed by atoms with Crippen LogP contribution in [0.5, 0.6) is 0 Å². The molecule has 8 heteroatoms. The number of rotatable bonds is 4. The molecule has 0 saturated heterocycles. The van der Waals surface area contributed by atoms with E-state index in [0.717, 1.165) is 47.0 Å². The van der Waals surface area contributed by atoms with E-state index in [1.807, 2.05) is 18.2 Å². The van der Waals surface area contributed by atoms with Crippen LogP contribution in [0, 0.1) is 36.4 Å². The van der Waals surface area contributed by atoms with Crippen LogP contribution in [0.4, 0.5) is 17.6 Å². The summed E-state index contributed by atoms with van der Waals surface area (Å²) >= 11 is 0.923. The number of fused-ring (bicyclic) bond motifs is 1. The molecule has 6 aromatic rings. The normalized spacial score (nSPS) is 15.2. The first-order valence-corrected chi connectivity index (χ1v) is 14.5. The number of halogens is 4. The number of aryl methyl sites for hydroxylation is 2. The summed E-state index contributed by atoms with van der Waals surface area (Å²) in [6.07, 6.45) is -3.83. The summed E-state index contributed by atoms with van der Waals surface area (Å²) in [5.74, 6) is -0.278. The van der Waals surface area contributed by atoms with Gasteiger partial charge in [-0.1, -0.05) is 79.4 Å². The number of alkyl halides is 3. The summed E-state index contributed by atoms with van der Waals surface area (Å²) in [7, 11) is 0. The largest absolute Gasteiger partial charge is 0.415 e. The maximum absolute atomic E-state index is 13.2. The molecule has 1 radical (unpaired) electrons. The van der Waals surface area contributed by atoms with E-state index < -0.39 is 48.8 Å². The van der Waals surface area contributed by atoms with Gasteiger partial charge in [0.2, 0.25) is 0 Å². The fourth-order valence-corrected chi connectivity index (χ4v) is 5.34. The van der Waals surface area contributed by atoms with Gasteiger partial charge in [0, 0.05) is 54.8 Å². The number of pyridine rings is 2. The summed E-state index contributed by atoms with van der Waals surface area (Å²) in [4.78, 5) is 8.36. The van der Waals surface area contributed by atoms with Gasteiger partial charge in [-0.05, 0) is 70.8 Å². The van der Waals surface area contributed by atoms with Gasteiger partial charge in [-0.15, -0.1) is 46.8 Å². The van der Waals surface area contributed by atoms with E-state index in [-0.39, 0.29) is 58.6 Å². The van der Waals surface area contributed by atoms with Gasteiger partial charge in [0.25, 0.3) is 0 Å². The topological polar surface area (TPSA) is 25.8 Å². The third-order valence-electron chi connectivity index (χ3n) is 6.45. The van der Waals surface area contributed by atoms with Crippen molar-refractivity contribution >= 4 is 21.4 Å². The molecule has 0 spiro atoms. The number of hydrogen-bond donors (Lipinski definition) is 0. The molecule has 0 aliphatic heterocycles. The number of aromatic nitrogens is 2. The molecule has 0 unspecified atom stereocenters. The molecule has 239 valence electrons. The molecule has 0 amide bonds. The average Bonchev–Trinajstić information content (AvgIpc) is 3.50. The molecule has 2 nitrogen and oxygen atoms in total. The standard InChI is InChI=1S/C27H25F3NS.C11H7FN.Ir/c1-16-10-18(13-26(3,4)5)6-8-20(16)22-12-24(31-14-17(22)2)23-15-32-25-11-19(27(28,29)30)7-9-21(23)25;12-10-6-4-9(5-7-10)11-3-1-2-8-13-11;/h6-12,14H,13H2,1-5H3;1-4,6-8H;/q2*-1;/i1D3,2D3,8D,13D2;;. The first kappa shape index (κ1) is 24.5. The van der Waals surface area contributed by atoms with Crippen LogP contribution in [-0.2, 0) is 32.7 Å². The summed E-state index contributed by atoms with van der Waals surface area (Å²) in [5, 5.41) is 3.30. The van der Waals surface area contributed by atoms with Crippen molar-refractivity contribution in [3.8, 4) is 33.6 Å². The van der Waals surface area contributed by atoms with Crippen LogP contribution in [0.2, 0.25) is 0 Å². The number of thiophene rings is 1. The molecule has 3 aromatic heterocycles. The van der Waals surface area contributed by atoms with Gasteiger partial charge >= 0.3 is 6.18 Å². The van der Waals surface area contributed by atoms with E-state index in [4.69, 9.17) is 12.3 Å². The Bertz CT molecular complexity index is 2280. The van der Waals surface area contributed by atoms with E-state index in [9.17, 15) is 17.6 Å². The third-order valence-corrected chi connectivity index (χ3v) is 7.31. The van der Waals surface area contributed by atoms with Gasteiger partial charge in [-0.25, -0.2) is 0 Å². The predicted molar refractivity (Wildman–Crippen MR) is 175 cm³/mol. The zero-order chi connectivity index (χ0) is 40.0. The monoisotopic (exact) mass is 826 g/mol. The van der Waals surface area contributed by atoms with Crippen molar-refractivity contribution in [3.05, 3.63) is 131 Å². The Morgan fingerprint density at radius 1 is 0.913 bits per heavy atom. The molecule has 0 N–H and O–H groups in total. The quantitative estimate of drug-likeness (QED) is 0.131. The van der Waals surface area contributed by atoms with Crippen molar-refractivity contribution in [2.45, 2.75) is 47.0 Å². The maximum atomic E-state index is 13.2. The van der Waals surface area contributed by atoms with Crippen molar-refractivity contribution < 1.29 is 50.0 Å². The second kappa shape index (κ2) is 14.4. The Balaban J connectivity index is 0.000000403. The van der Waals surface area contributed by atoms with Gasteiger partial charge in [0.1, 0.15) is 0 Å². The number of benzene rings is 3. The molecule has 3 aromatic carbocycles. The van der Waals surface area contributed by atoms with E-state index in [2.05, 4.69) is 21.4 Å². The van der Waals surface area contributed by atoms with Crippen LogP contribution < -0.4 is 0 Å². The first-order chi connectivity index (χ1) is 24.9. The SMILES string of the molecule is Fc1c[c-]c(-c2ccccn2)cc1.[2H]c1cc(C([2H])([2H])C(C)(C)C)cc(C([2H])([2H])[2H])c1-c1cc(-c2[c-]sc3cc(C(F)(F)F)ccc23)ncc1C([2H])([2H])[2H].[Ir]. The molecule has 0 saturated carbocycles. The zero-order valence-electron chi connectivity index (χ0n) is 33.7. The van der Waals surface area contributed by atoms with E-state index in [0.29, 0.717) is 10.9 Å². The van der Waals surface area contributed by atoms with Crippen LogP contribution in [0.25, 0.3) is 43.7 Å². The molecule has 0 bridgehead atoms. The van der Waals surface area contributed by atoms with E-state index in [1.165, 1.54) is 30.3 Å². The van der Waals surface area contributed by atoms with Crippen LogP contribution in [0.1, 0.15) is 55.4 Å². The molecular formula is C38H32F4IrN2S-2. The Labute approximate surface area is 297 Å². The first-order valence-electron chi connectivity index (χ1n) is 18.2. The Kier molecular flexibility index (Phi) is 7.64. The minimum atomic E-state index is -4.55.